The lowest BCUT2D eigenvalue weighted by atomic mass is 9.90. The zero-order valence-electron chi connectivity index (χ0n) is 12.4. The van der Waals surface area contributed by atoms with Crippen molar-refractivity contribution < 1.29 is 14.6 Å². The normalized spacial score (nSPS) is 13.9. The van der Waals surface area contributed by atoms with E-state index in [1.807, 2.05) is 37.3 Å². The molecule has 0 amide bonds. The number of benzene rings is 1. The van der Waals surface area contributed by atoms with Gasteiger partial charge in [0.05, 0.1) is 6.61 Å². The Morgan fingerprint density at radius 2 is 1.95 bits per heavy atom. The maximum atomic E-state index is 11.8. The van der Waals surface area contributed by atoms with E-state index in [0.29, 0.717) is 13.2 Å². The van der Waals surface area contributed by atoms with Crippen molar-refractivity contribution in [3.8, 4) is 0 Å². The Hall–Kier alpha value is -1.39. The standard InChI is InChI=1S/C16H25NO3/c1-3-5-9-12-20-13-16(15(18)19,17-4-2)14-10-7-6-8-11-14/h6-8,10-11,17H,3-5,9,12-13H2,1-2H3,(H,18,19). The molecule has 1 atom stereocenters. The third-order valence-electron chi connectivity index (χ3n) is 3.32. The van der Waals surface area contributed by atoms with Crippen LogP contribution in [0, 0.1) is 0 Å². The fraction of sp³-hybridized carbons (Fsp3) is 0.562. The summed E-state index contributed by atoms with van der Waals surface area (Å²) < 4.78 is 5.63. The largest absolute Gasteiger partial charge is 0.480 e. The zero-order valence-corrected chi connectivity index (χ0v) is 12.4. The molecule has 0 aliphatic heterocycles. The number of hydrogen-bond acceptors (Lipinski definition) is 3. The summed E-state index contributed by atoms with van der Waals surface area (Å²) in [7, 11) is 0. The summed E-state index contributed by atoms with van der Waals surface area (Å²) in [6.07, 6.45) is 3.19. The van der Waals surface area contributed by atoms with Crippen molar-refractivity contribution in [1.82, 2.24) is 5.32 Å². The Labute approximate surface area is 121 Å². The summed E-state index contributed by atoms with van der Waals surface area (Å²) in [6.45, 7) is 5.34. The first kappa shape index (κ1) is 16.7. The van der Waals surface area contributed by atoms with Gasteiger partial charge >= 0.3 is 5.97 Å². The first-order chi connectivity index (χ1) is 9.67. The first-order valence-corrected chi connectivity index (χ1v) is 7.29. The molecular formula is C16H25NO3. The van der Waals surface area contributed by atoms with Crippen molar-refractivity contribution in [2.45, 2.75) is 38.6 Å². The second-order valence-electron chi connectivity index (χ2n) is 4.87. The predicted octanol–water partition coefficient (Wildman–Crippen LogP) is 2.78. The average molecular weight is 279 g/mol. The van der Waals surface area contributed by atoms with Crippen LogP contribution in [0.1, 0.15) is 38.7 Å². The second-order valence-corrected chi connectivity index (χ2v) is 4.87. The molecule has 112 valence electrons. The molecule has 0 saturated heterocycles. The van der Waals surface area contributed by atoms with E-state index >= 15 is 0 Å². The minimum atomic E-state index is -1.16. The number of likely N-dealkylation sites (N-methyl/N-ethyl adjacent to an activating group) is 1. The number of nitrogens with one attached hydrogen (secondary N) is 1. The molecule has 0 saturated carbocycles. The SMILES string of the molecule is CCCCCOCC(NCC)(C(=O)O)c1ccccc1. The van der Waals surface area contributed by atoms with Crippen LogP contribution in [-0.2, 0) is 15.1 Å². The van der Waals surface area contributed by atoms with E-state index in [1.54, 1.807) is 0 Å². The maximum Gasteiger partial charge on any atom is 0.331 e. The molecule has 2 N–H and O–H groups in total. The molecule has 0 aliphatic carbocycles. The fourth-order valence-electron chi connectivity index (χ4n) is 2.20. The molecule has 0 bridgehead atoms. The van der Waals surface area contributed by atoms with Gasteiger partial charge in [0.25, 0.3) is 0 Å². The van der Waals surface area contributed by atoms with Crippen LogP contribution in [-0.4, -0.2) is 30.8 Å². The van der Waals surface area contributed by atoms with Gasteiger partial charge in [-0.15, -0.1) is 0 Å². The van der Waals surface area contributed by atoms with Gasteiger partial charge in [-0.05, 0) is 18.5 Å². The first-order valence-electron chi connectivity index (χ1n) is 7.29. The van der Waals surface area contributed by atoms with Crippen LogP contribution >= 0.6 is 0 Å². The van der Waals surface area contributed by atoms with Gasteiger partial charge in [0.15, 0.2) is 5.54 Å². The molecule has 0 aliphatic rings. The van der Waals surface area contributed by atoms with Gasteiger partial charge in [0.1, 0.15) is 0 Å². The molecule has 0 spiro atoms. The number of ether oxygens (including phenoxy) is 1. The Kier molecular flexibility index (Phi) is 7.26. The van der Waals surface area contributed by atoms with Gasteiger partial charge in [0.2, 0.25) is 0 Å². The van der Waals surface area contributed by atoms with Crippen LogP contribution in [0.2, 0.25) is 0 Å². The Morgan fingerprint density at radius 3 is 2.50 bits per heavy atom. The van der Waals surface area contributed by atoms with E-state index in [2.05, 4.69) is 12.2 Å². The van der Waals surface area contributed by atoms with E-state index in [9.17, 15) is 9.90 Å². The van der Waals surface area contributed by atoms with Crippen LogP contribution < -0.4 is 5.32 Å². The molecular weight excluding hydrogens is 254 g/mol. The average Bonchev–Trinajstić information content (AvgIpc) is 2.46. The van der Waals surface area contributed by atoms with Gasteiger partial charge in [0, 0.05) is 6.61 Å². The number of hydrogen-bond donors (Lipinski definition) is 2. The molecule has 1 rings (SSSR count). The molecule has 1 aromatic carbocycles. The summed E-state index contributed by atoms with van der Waals surface area (Å²) in [5.41, 5.74) is -0.438. The molecule has 0 radical (unpaired) electrons. The summed E-state index contributed by atoms with van der Waals surface area (Å²) in [6, 6.07) is 9.23. The van der Waals surface area contributed by atoms with Crippen molar-refractivity contribution in [2.75, 3.05) is 19.8 Å². The van der Waals surface area contributed by atoms with Crippen LogP contribution in [0.3, 0.4) is 0 Å². The lowest BCUT2D eigenvalue weighted by molar-refractivity contribution is -0.148. The molecule has 0 heterocycles. The summed E-state index contributed by atoms with van der Waals surface area (Å²) in [5, 5.41) is 12.7. The third kappa shape index (κ3) is 4.32. The van der Waals surface area contributed by atoms with Gasteiger partial charge in [-0.25, -0.2) is 4.79 Å². The highest BCUT2D eigenvalue weighted by Crippen LogP contribution is 2.22. The Morgan fingerprint density at radius 1 is 1.25 bits per heavy atom. The lowest BCUT2D eigenvalue weighted by Gasteiger charge is -2.30. The van der Waals surface area contributed by atoms with Crippen LogP contribution in [0.15, 0.2) is 30.3 Å². The third-order valence-corrected chi connectivity index (χ3v) is 3.32. The molecule has 1 aromatic rings. The number of rotatable bonds is 10. The molecule has 1 unspecified atom stereocenters. The molecule has 4 heteroatoms. The molecule has 20 heavy (non-hydrogen) atoms. The highest BCUT2D eigenvalue weighted by Gasteiger charge is 2.39. The minimum absolute atomic E-state index is 0.143. The monoisotopic (exact) mass is 279 g/mol. The number of carbonyl (C=O) groups is 1. The van der Waals surface area contributed by atoms with Crippen LogP contribution in [0.25, 0.3) is 0 Å². The quantitative estimate of drug-likeness (QED) is 0.647. The van der Waals surface area contributed by atoms with Crippen molar-refractivity contribution in [1.29, 1.82) is 0 Å². The minimum Gasteiger partial charge on any atom is -0.480 e. The van der Waals surface area contributed by atoms with Crippen molar-refractivity contribution in [3.63, 3.8) is 0 Å². The Bertz CT molecular complexity index is 394. The van der Waals surface area contributed by atoms with Crippen LogP contribution in [0.5, 0.6) is 0 Å². The van der Waals surface area contributed by atoms with E-state index < -0.39 is 11.5 Å². The summed E-state index contributed by atoms with van der Waals surface area (Å²) >= 11 is 0. The molecule has 0 aromatic heterocycles. The summed E-state index contributed by atoms with van der Waals surface area (Å²) in [4.78, 5) is 11.8. The highest BCUT2D eigenvalue weighted by atomic mass is 16.5. The Balaban J connectivity index is 2.81. The van der Waals surface area contributed by atoms with E-state index in [-0.39, 0.29) is 6.61 Å². The summed E-state index contributed by atoms with van der Waals surface area (Å²) in [5.74, 6) is -0.902. The van der Waals surface area contributed by atoms with E-state index in [4.69, 9.17) is 4.74 Å². The van der Waals surface area contributed by atoms with Gasteiger partial charge in [-0.1, -0.05) is 57.0 Å². The van der Waals surface area contributed by atoms with Crippen molar-refractivity contribution in [2.24, 2.45) is 0 Å². The lowest BCUT2D eigenvalue weighted by Crippen LogP contribution is -2.52. The van der Waals surface area contributed by atoms with Crippen LogP contribution in [0.4, 0.5) is 0 Å². The predicted molar refractivity (Wildman–Crippen MR) is 79.8 cm³/mol. The number of carboxylic acids is 1. The number of carboxylic acid groups (broad SMARTS) is 1. The van der Waals surface area contributed by atoms with Crippen molar-refractivity contribution in [3.05, 3.63) is 35.9 Å². The topological polar surface area (TPSA) is 58.6 Å². The van der Waals surface area contributed by atoms with E-state index in [1.165, 1.54) is 0 Å². The van der Waals surface area contributed by atoms with Crippen molar-refractivity contribution >= 4 is 5.97 Å². The van der Waals surface area contributed by atoms with E-state index in [0.717, 1.165) is 24.8 Å². The van der Waals surface area contributed by atoms with Gasteiger partial charge < -0.3 is 9.84 Å². The zero-order chi connectivity index (χ0) is 14.8. The van der Waals surface area contributed by atoms with Gasteiger partial charge in [-0.3, -0.25) is 5.32 Å². The van der Waals surface area contributed by atoms with Gasteiger partial charge in [-0.2, -0.15) is 0 Å². The number of unbranched alkanes of at least 4 members (excludes halogenated alkanes) is 2. The molecule has 4 nitrogen and oxygen atoms in total. The maximum absolute atomic E-state index is 11.8. The second kappa shape index (κ2) is 8.72. The fourth-order valence-corrected chi connectivity index (χ4v) is 2.20. The number of aliphatic carboxylic acids is 1. The smallest absolute Gasteiger partial charge is 0.331 e. The molecule has 0 fully saturated rings. The highest BCUT2D eigenvalue weighted by molar-refractivity contribution is 5.81.